The van der Waals surface area contributed by atoms with Crippen molar-refractivity contribution in [3.63, 3.8) is 0 Å². The minimum absolute atomic E-state index is 0.682. The van der Waals surface area contributed by atoms with Gasteiger partial charge in [-0.3, -0.25) is 0 Å². The first-order valence-electron chi connectivity index (χ1n) is 6.33. The maximum atomic E-state index is 5.94. The zero-order valence-electron chi connectivity index (χ0n) is 11.3. The smallest absolute Gasteiger partial charge is 0.119 e. The molecule has 2 nitrogen and oxygen atoms in total. The number of hydrogen-bond acceptors (Lipinski definition) is 3. The first-order valence-corrected chi connectivity index (χ1v) is 7.32. The lowest BCUT2D eigenvalue weighted by atomic mass is 10.2. The summed E-state index contributed by atoms with van der Waals surface area (Å²) in [5.74, 6) is 1.81. The van der Waals surface area contributed by atoms with Crippen LogP contribution < -0.4 is 10.5 Å². The summed E-state index contributed by atoms with van der Waals surface area (Å²) < 4.78 is 5.69. The van der Waals surface area contributed by atoms with Crippen LogP contribution in [0.3, 0.4) is 0 Å². The van der Waals surface area contributed by atoms with E-state index in [1.54, 1.807) is 11.8 Å². The Hall–Kier alpha value is -1.61. The molecule has 19 heavy (non-hydrogen) atoms. The van der Waals surface area contributed by atoms with Gasteiger partial charge in [-0.1, -0.05) is 23.8 Å². The van der Waals surface area contributed by atoms with Crippen molar-refractivity contribution in [3.05, 3.63) is 53.6 Å². The van der Waals surface area contributed by atoms with Crippen molar-refractivity contribution in [1.29, 1.82) is 0 Å². The first kappa shape index (κ1) is 13.8. The van der Waals surface area contributed by atoms with E-state index in [-0.39, 0.29) is 0 Å². The minimum Gasteiger partial charge on any atom is -0.493 e. The summed E-state index contributed by atoms with van der Waals surface area (Å²) in [6.45, 7) is 4.83. The molecule has 0 aromatic heterocycles. The van der Waals surface area contributed by atoms with E-state index in [0.29, 0.717) is 6.61 Å². The molecular weight excluding hydrogens is 254 g/mol. The van der Waals surface area contributed by atoms with Crippen LogP contribution in [0.5, 0.6) is 5.75 Å². The summed E-state index contributed by atoms with van der Waals surface area (Å²) in [4.78, 5) is 1.13. The standard InChI is InChI=1S/C16H19NOS/c1-12-3-6-14(7-4-12)18-9-10-19-16-11-13(2)5-8-15(16)17/h3-8,11H,9-10,17H2,1-2H3. The average Bonchev–Trinajstić information content (AvgIpc) is 2.40. The fourth-order valence-electron chi connectivity index (χ4n) is 1.71. The van der Waals surface area contributed by atoms with Gasteiger partial charge in [0.15, 0.2) is 0 Å². The van der Waals surface area contributed by atoms with Crippen LogP contribution in [0.4, 0.5) is 5.69 Å². The van der Waals surface area contributed by atoms with Crippen LogP contribution in [0.1, 0.15) is 11.1 Å². The molecule has 2 rings (SSSR count). The molecule has 2 aromatic rings. The fourth-order valence-corrected chi connectivity index (χ4v) is 2.60. The maximum Gasteiger partial charge on any atom is 0.119 e. The van der Waals surface area contributed by atoms with Gasteiger partial charge < -0.3 is 10.5 Å². The summed E-state index contributed by atoms with van der Waals surface area (Å²) in [6, 6.07) is 14.2. The zero-order valence-corrected chi connectivity index (χ0v) is 12.2. The van der Waals surface area contributed by atoms with Crippen LogP contribution in [0.25, 0.3) is 0 Å². The van der Waals surface area contributed by atoms with E-state index in [0.717, 1.165) is 22.1 Å². The minimum atomic E-state index is 0.682. The van der Waals surface area contributed by atoms with Gasteiger partial charge in [0, 0.05) is 16.3 Å². The number of ether oxygens (including phenoxy) is 1. The Kier molecular flexibility index (Phi) is 4.74. The molecule has 0 heterocycles. The largest absolute Gasteiger partial charge is 0.493 e. The van der Waals surface area contributed by atoms with E-state index in [1.165, 1.54) is 11.1 Å². The van der Waals surface area contributed by atoms with E-state index in [1.807, 2.05) is 24.3 Å². The van der Waals surface area contributed by atoms with Crippen LogP contribution >= 0.6 is 11.8 Å². The van der Waals surface area contributed by atoms with Crippen LogP contribution in [0.15, 0.2) is 47.4 Å². The lowest BCUT2D eigenvalue weighted by Crippen LogP contribution is -2.00. The lowest BCUT2D eigenvalue weighted by Gasteiger charge is -2.08. The van der Waals surface area contributed by atoms with Crippen molar-refractivity contribution in [3.8, 4) is 5.75 Å². The maximum absolute atomic E-state index is 5.94. The molecule has 0 aliphatic carbocycles. The van der Waals surface area contributed by atoms with E-state index < -0.39 is 0 Å². The predicted molar refractivity (Wildman–Crippen MR) is 83.0 cm³/mol. The van der Waals surface area contributed by atoms with Crippen molar-refractivity contribution in [2.75, 3.05) is 18.1 Å². The molecule has 0 aliphatic heterocycles. The third-order valence-corrected chi connectivity index (χ3v) is 3.84. The van der Waals surface area contributed by atoms with Crippen LogP contribution in [-0.2, 0) is 0 Å². The number of anilines is 1. The fraction of sp³-hybridized carbons (Fsp3) is 0.250. The zero-order chi connectivity index (χ0) is 13.7. The number of nitrogens with two attached hydrogens (primary N) is 1. The molecule has 0 spiro atoms. The van der Waals surface area contributed by atoms with E-state index in [4.69, 9.17) is 10.5 Å². The Bertz CT molecular complexity index is 537. The highest BCUT2D eigenvalue weighted by Crippen LogP contribution is 2.25. The normalized spacial score (nSPS) is 10.4. The second-order valence-corrected chi connectivity index (χ2v) is 5.69. The van der Waals surface area contributed by atoms with Gasteiger partial charge in [0.25, 0.3) is 0 Å². The third-order valence-electron chi connectivity index (χ3n) is 2.80. The van der Waals surface area contributed by atoms with Gasteiger partial charge in [-0.05, 0) is 43.7 Å². The van der Waals surface area contributed by atoms with Crippen LogP contribution in [-0.4, -0.2) is 12.4 Å². The Balaban J connectivity index is 1.80. The van der Waals surface area contributed by atoms with Gasteiger partial charge in [-0.2, -0.15) is 0 Å². The van der Waals surface area contributed by atoms with Crippen LogP contribution in [0, 0.1) is 13.8 Å². The van der Waals surface area contributed by atoms with Crippen molar-refractivity contribution in [1.82, 2.24) is 0 Å². The molecule has 0 fully saturated rings. The molecule has 0 saturated heterocycles. The molecule has 0 radical (unpaired) electrons. The topological polar surface area (TPSA) is 35.2 Å². The number of nitrogen functional groups attached to an aromatic ring is 1. The van der Waals surface area contributed by atoms with Gasteiger partial charge in [0.1, 0.15) is 5.75 Å². The molecule has 0 amide bonds. The van der Waals surface area contributed by atoms with Gasteiger partial charge in [-0.15, -0.1) is 11.8 Å². The summed E-state index contributed by atoms with van der Waals surface area (Å²) in [5, 5.41) is 0. The first-order chi connectivity index (χ1) is 9.15. The molecule has 0 atom stereocenters. The predicted octanol–water partition coefficient (Wildman–Crippen LogP) is 4.06. The van der Waals surface area contributed by atoms with E-state index in [2.05, 4.69) is 32.0 Å². The Morgan fingerprint density at radius 2 is 1.68 bits per heavy atom. The second-order valence-electron chi connectivity index (χ2n) is 4.55. The van der Waals surface area contributed by atoms with Crippen LogP contribution in [0.2, 0.25) is 0 Å². The summed E-state index contributed by atoms with van der Waals surface area (Å²) >= 11 is 1.73. The number of hydrogen-bond donors (Lipinski definition) is 1. The van der Waals surface area contributed by atoms with Crippen molar-refractivity contribution in [2.24, 2.45) is 0 Å². The third kappa shape index (κ3) is 4.21. The highest BCUT2D eigenvalue weighted by Gasteiger charge is 2.00. The van der Waals surface area contributed by atoms with Crippen molar-refractivity contribution < 1.29 is 4.74 Å². The molecule has 100 valence electrons. The second kappa shape index (κ2) is 6.53. The number of aryl methyl sites for hydroxylation is 2. The van der Waals surface area contributed by atoms with E-state index >= 15 is 0 Å². The van der Waals surface area contributed by atoms with Gasteiger partial charge in [0.05, 0.1) is 6.61 Å². The van der Waals surface area contributed by atoms with Gasteiger partial charge in [0.2, 0.25) is 0 Å². The number of benzene rings is 2. The van der Waals surface area contributed by atoms with Gasteiger partial charge >= 0.3 is 0 Å². The van der Waals surface area contributed by atoms with Gasteiger partial charge in [-0.25, -0.2) is 0 Å². The molecule has 2 N–H and O–H groups in total. The lowest BCUT2D eigenvalue weighted by molar-refractivity contribution is 0.344. The molecular formula is C16H19NOS. The Morgan fingerprint density at radius 1 is 1.00 bits per heavy atom. The summed E-state index contributed by atoms with van der Waals surface area (Å²) in [5.41, 5.74) is 9.25. The van der Waals surface area contributed by atoms with E-state index in [9.17, 15) is 0 Å². The monoisotopic (exact) mass is 273 g/mol. The average molecular weight is 273 g/mol. The molecule has 0 bridgehead atoms. The molecule has 0 aliphatic rings. The highest BCUT2D eigenvalue weighted by atomic mass is 32.2. The SMILES string of the molecule is Cc1ccc(OCCSc2cc(C)ccc2N)cc1. The summed E-state index contributed by atoms with van der Waals surface area (Å²) in [7, 11) is 0. The number of rotatable bonds is 5. The van der Waals surface area contributed by atoms with Crippen molar-refractivity contribution >= 4 is 17.4 Å². The molecule has 0 saturated carbocycles. The molecule has 3 heteroatoms. The Labute approximate surface area is 119 Å². The molecule has 2 aromatic carbocycles. The quantitative estimate of drug-likeness (QED) is 0.507. The van der Waals surface area contributed by atoms with Crippen molar-refractivity contribution in [2.45, 2.75) is 18.7 Å². The number of thioether (sulfide) groups is 1. The highest BCUT2D eigenvalue weighted by molar-refractivity contribution is 7.99. The summed E-state index contributed by atoms with van der Waals surface area (Å²) in [6.07, 6.45) is 0. The molecule has 0 unspecified atom stereocenters. The Morgan fingerprint density at radius 3 is 2.42 bits per heavy atom.